The van der Waals surface area contributed by atoms with Gasteiger partial charge in [0.15, 0.2) is 0 Å². The minimum Gasteiger partial charge on any atom is -0.545 e. The molecule has 0 aromatic heterocycles. The van der Waals surface area contributed by atoms with Crippen LogP contribution < -0.4 is 34.7 Å². The number of hydrogen-bond acceptors (Lipinski definition) is 4. The van der Waals surface area contributed by atoms with Crippen LogP contribution in [0, 0.1) is 0 Å². The van der Waals surface area contributed by atoms with Crippen molar-refractivity contribution in [3.63, 3.8) is 0 Å². The van der Waals surface area contributed by atoms with Gasteiger partial charge in [0.05, 0.1) is 11.2 Å². The molecule has 76 valence electrons. The Bertz CT molecular complexity index is 308. The quantitative estimate of drug-likeness (QED) is 0.298. The van der Waals surface area contributed by atoms with E-state index >= 15 is 0 Å². The summed E-state index contributed by atoms with van der Waals surface area (Å²) in [5, 5.41) is 9.16. The van der Waals surface area contributed by atoms with Crippen LogP contribution in [0.15, 0.2) is 12.2 Å². The molecule has 0 radical (unpaired) electrons. The number of carbonyl (C=O) groups excluding carboxylic acids is 1. The number of aliphatic carboxylic acids is 1. The molecule has 1 unspecified atom stereocenters. The fraction of sp³-hybridized carbons (Fsp3) is 0.571. The first-order valence-corrected chi connectivity index (χ1v) is 5.11. The number of rotatable bonds is 5. The molecule has 1 N–H and O–H groups in total. The standard InChI is InChI=1S/C7H12O5S.Na/c1-5(7(8)9)3-4-6(2)13(10,11)12;/h6H,1,3-4H2,2H3,(H,8,9)(H,10,11,12);/q;+1/p-1. The van der Waals surface area contributed by atoms with E-state index in [0.29, 0.717) is 0 Å². The van der Waals surface area contributed by atoms with Gasteiger partial charge in [-0.25, -0.2) is 0 Å². The van der Waals surface area contributed by atoms with Crippen molar-refractivity contribution < 1.29 is 52.4 Å². The first-order valence-electron chi connectivity index (χ1n) is 3.60. The Morgan fingerprint density at radius 1 is 1.57 bits per heavy atom. The van der Waals surface area contributed by atoms with E-state index in [2.05, 4.69) is 6.58 Å². The maximum atomic E-state index is 10.5. The van der Waals surface area contributed by atoms with Crippen LogP contribution in [0.25, 0.3) is 0 Å². The summed E-state index contributed by atoms with van der Waals surface area (Å²) in [5.41, 5.74) is -0.171. The van der Waals surface area contributed by atoms with Crippen LogP contribution in [-0.4, -0.2) is 24.2 Å². The topological polar surface area (TPSA) is 94.5 Å². The summed E-state index contributed by atoms with van der Waals surface area (Å²) in [7, 11) is -4.08. The molecule has 0 saturated heterocycles. The average Bonchev–Trinajstić information content (AvgIpc) is 1.97. The van der Waals surface area contributed by atoms with Crippen molar-refractivity contribution in [2.45, 2.75) is 25.0 Å². The molecule has 0 aromatic rings. The first-order chi connectivity index (χ1) is 5.75. The van der Waals surface area contributed by atoms with E-state index in [1.165, 1.54) is 6.92 Å². The van der Waals surface area contributed by atoms with Crippen molar-refractivity contribution in [1.82, 2.24) is 0 Å². The molecule has 0 aliphatic carbocycles. The predicted molar refractivity (Wildman–Crippen MR) is 44.4 cm³/mol. The van der Waals surface area contributed by atoms with Gasteiger partial charge in [0.25, 0.3) is 10.1 Å². The summed E-state index contributed by atoms with van der Waals surface area (Å²) < 4.78 is 29.5. The molecule has 5 nitrogen and oxygen atoms in total. The maximum Gasteiger partial charge on any atom is 1.00 e. The van der Waals surface area contributed by atoms with Gasteiger partial charge < -0.3 is 9.90 Å². The van der Waals surface area contributed by atoms with Gasteiger partial charge >= 0.3 is 29.6 Å². The van der Waals surface area contributed by atoms with Gasteiger partial charge in [-0.2, -0.15) is 8.42 Å². The van der Waals surface area contributed by atoms with Gasteiger partial charge in [0.2, 0.25) is 0 Å². The molecule has 1 atom stereocenters. The van der Waals surface area contributed by atoms with E-state index in [4.69, 9.17) is 4.55 Å². The molecular weight excluding hydrogens is 219 g/mol. The Labute approximate surface area is 105 Å². The zero-order valence-corrected chi connectivity index (χ0v) is 11.0. The van der Waals surface area contributed by atoms with Crippen LogP contribution >= 0.6 is 0 Å². The SMILES string of the molecule is C=C(CCC(C)S(=O)(=O)O)C(=O)[O-].[Na+]. The van der Waals surface area contributed by atoms with Crippen LogP contribution in [-0.2, 0) is 14.9 Å². The second-order valence-corrected chi connectivity index (χ2v) is 4.59. The molecular formula is C7H11NaO5S. The van der Waals surface area contributed by atoms with Crippen LogP contribution in [0.2, 0.25) is 0 Å². The third-order valence-electron chi connectivity index (χ3n) is 1.65. The summed E-state index contributed by atoms with van der Waals surface area (Å²) in [5.74, 6) is -1.40. The second-order valence-electron chi connectivity index (χ2n) is 2.76. The third-order valence-corrected chi connectivity index (χ3v) is 2.90. The van der Waals surface area contributed by atoms with Crippen molar-refractivity contribution in [1.29, 1.82) is 0 Å². The van der Waals surface area contributed by atoms with Gasteiger partial charge in [0, 0.05) is 0 Å². The zero-order chi connectivity index (χ0) is 10.6. The zero-order valence-electron chi connectivity index (χ0n) is 8.19. The van der Waals surface area contributed by atoms with E-state index in [1.54, 1.807) is 0 Å². The van der Waals surface area contributed by atoms with Crippen LogP contribution in [0.5, 0.6) is 0 Å². The van der Waals surface area contributed by atoms with Crippen molar-refractivity contribution in [2.24, 2.45) is 0 Å². The molecule has 0 bridgehead atoms. The van der Waals surface area contributed by atoms with E-state index in [-0.39, 0.29) is 48.0 Å². The molecule has 7 heteroatoms. The summed E-state index contributed by atoms with van der Waals surface area (Å²) in [6.45, 7) is 4.46. The molecule has 14 heavy (non-hydrogen) atoms. The van der Waals surface area contributed by atoms with Crippen molar-refractivity contribution in [3.05, 3.63) is 12.2 Å². The first kappa shape index (κ1) is 16.5. The van der Waals surface area contributed by atoms with Gasteiger partial charge in [0.1, 0.15) is 0 Å². The normalized spacial score (nSPS) is 12.7. The van der Waals surface area contributed by atoms with Crippen LogP contribution in [0.1, 0.15) is 19.8 Å². The van der Waals surface area contributed by atoms with E-state index in [0.717, 1.165) is 0 Å². The molecule has 0 fully saturated rings. The molecule has 0 heterocycles. The van der Waals surface area contributed by atoms with Crippen molar-refractivity contribution >= 4 is 16.1 Å². The van der Waals surface area contributed by atoms with Crippen LogP contribution in [0.4, 0.5) is 0 Å². The summed E-state index contributed by atoms with van der Waals surface area (Å²) in [4.78, 5) is 10.1. The smallest absolute Gasteiger partial charge is 0.545 e. The van der Waals surface area contributed by atoms with Gasteiger partial charge in [-0.15, -0.1) is 0 Å². The molecule has 0 amide bonds. The molecule has 0 aliphatic heterocycles. The van der Waals surface area contributed by atoms with E-state index in [9.17, 15) is 18.3 Å². The maximum absolute atomic E-state index is 10.5. The predicted octanol–water partition coefficient (Wildman–Crippen LogP) is -3.65. The number of carboxylic acid groups (broad SMARTS) is 1. The minimum atomic E-state index is -4.08. The van der Waals surface area contributed by atoms with Crippen molar-refractivity contribution in [2.75, 3.05) is 0 Å². The Morgan fingerprint density at radius 3 is 2.29 bits per heavy atom. The molecule has 0 aromatic carbocycles. The molecule has 0 aliphatic rings. The Kier molecular flexibility index (Phi) is 7.77. The minimum absolute atomic E-state index is 0. The molecule has 0 saturated carbocycles. The van der Waals surface area contributed by atoms with Gasteiger partial charge in [-0.05, 0) is 25.3 Å². The summed E-state index contributed by atoms with van der Waals surface area (Å²) in [6, 6.07) is 0. The van der Waals surface area contributed by atoms with Gasteiger partial charge in [-0.1, -0.05) is 6.58 Å². The number of carbonyl (C=O) groups is 1. The van der Waals surface area contributed by atoms with E-state index in [1.807, 2.05) is 0 Å². The summed E-state index contributed by atoms with van der Waals surface area (Å²) >= 11 is 0. The van der Waals surface area contributed by atoms with E-state index < -0.39 is 21.3 Å². The number of hydrogen-bond donors (Lipinski definition) is 1. The van der Waals surface area contributed by atoms with Crippen LogP contribution in [0.3, 0.4) is 0 Å². The Hall–Kier alpha value is 0.120. The average molecular weight is 230 g/mol. The van der Waals surface area contributed by atoms with Crippen molar-refractivity contribution in [3.8, 4) is 0 Å². The largest absolute Gasteiger partial charge is 1.00 e. The fourth-order valence-corrected chi connectivity index (χ4v) is 1.04. The number of carboxylic acids is 1. The molecule has 0 spiro atoms. The van der Waals surface area contributed by atoms with Gasteiger partial charge in [-0.3, -0.25) is 4.55 Å². The third kappa shape index (κ3) is 6.56. The fourth-order valence-electron chi connectivity index (χ4n) is 0.628. The second kappa shape index (κ2) is 6.58. The molecule has 0 rings (SSSR count). The Morgan fingerprint density at radius 2 is 2.00 bits per heavy atom. The Balaban J connectivity index is 0. The summed E-state index contributed by atoms with van der Waals surface area (Å²) in [6.07, 6.45) is 0.00887. The monoisotopic (exact) mass is 230 g/mol.